The summed E-state index contributed by atoms with van der Waals surface area (Å²) in [6.07, 6.45) is 85.1. The Kier molecular flexibility index (Phi) is 67.0. The van der Waals surface area contributed by atoms with Gasteiger partial charge in [-0.05, 0) is 38.5 Å². The van der Waals surface area contributed by atoms with E-state index in [0.717, 1.165) is 38.5 Å². The highest BCUT2D eigenvalue weighted by atomic mass is 16.3. The summed E-state index contributed by atoms with van der Waals surface area (Å²) in [6, 6.07) is -1.00. The fourth-order valence-corrected chi connectivity index (χ4v) is 12.1. The SMILES string of the molecule is CCCCCCCCCCCCCCCCCCCCCCCCCCCC/C=C/CCCC(O)C(O)C(CO)NC(=O)C(O)CCCCCCCCCCCCCCCCCCCCCCCCCCCCCCCCCC. The van der Waals surface area contributed by atoms with Crippen LogP contribution >= 0.6 is 0 Å². The van der Waals surface area contributed by atoms with Gasteiger partial charge in [0.05, 0.1) is 18.8 Å². The van der Waals surface area contributed by atoms with Gasteiger partial charge in [0.25, 0.3) is 0 Å². The molecular formula is C73H145NO5. The van der Waals surface area contributed by atoms with Crippen molar-refractivity contribution in [3.8, 4) is 0 Å². The summed E-state index contributed by atoms with van der Waals surface area (Å²) in [6.45, 7) is 4.11. The average Bonchev–Trinajstić information content (AvgIpc) is 3.45. The van der Waals surface area contributed by atoms with Crippen LogP contribution in [0.25, 0.3) is 0 Å². The molecule has 0 radical (unpaired) electrons. The summed E-state index contributed by atoms with van der Waals surface area (Å²) in [5.74, 6) is -0.583. The molecule has 0 aromatic rings. The maximum Gasteiger partial charge on any atom is 0.249 e. The van der Waals surface area contributed by atoms with Crippen molar-refractivity contribution in [2.24, 2.45) is 0 Å². The van der Waals surface area contributed by atoms with Crippen LogP contribution in [0.1, 0.15) is 418 Å². The summed E-state index contributed by atoms with van der Waals surface area (Å²) < 4.78 is 0. The molecule has 0 saturated heterocycles. The van der Waals surface area contributed by atoms with Crippen LogP contribution in [0, 0.1) is 0 Å². The first-order chi connectivity index (χ1) is 39.0. The molecular weight excluding hydrogens is 971 g/mol. The van der Waals surface area contributed by atoms with Gasteiger partial charge in [-0.15, -0.1) is 0 Å². The lowest BCUT2D eigenvalue weighted by atomic mass is 10.00. The molecule has 4 atom stereocenters. The number of nitrogens with one attached hydrogen (secondary N) is 1. The molecule has 0 aliphatic heterocycles. The molecule has 0 saturated carbocycles. The average molecular weight is 1120 g/mol. The smallest absolute Gasteiger partial charge is 0.249 e. The zero-order valence-corrected chi connectivity index (χ0v) is 53.9. The highest BCUT2D eigenvalue weighted by Crippen LogP contribution is 2.20. The molecule has 5 N–H and O–H groups in total. The molecule has 0 heterocycles. The monoisotopic (exact) mass is 1120 g/mol. The molecule has 0 bridgehead atoms. The van der Waals surface area contributed by atoms with E-state index >= 15 is 0 Å². The van der Waals surface area contributed by atoms with E-state index in [9.17, 15) is 25.2 Å². The van der Waals surface area contributed by atoms with Crippen LogP contribution in [0.5, 0.6) is 0 Å². The third-order valence-electron chi connectivity index (χ3n) is 17.7. The van der Waals surface area contributed by atoms with Crippen molar-refractivity contribution < 1.29 is 25.2 Å². The van der Waals surface area contributed by atoms with Gasteiger partial charge in [0.2, 0.25) is 5.91 Å². The summed E-state index contributed by atoms with van der Waals surface area (Å²) in [5.41, 5.74) is 0. The van der Waals surface area contributed by atoms with Gasteiger partial charge < -0.3 is 25.7 Å². The number of amides is 1. The van der Waals surface area contributed by atoms with E-state index in [0.29, 0.717) is 12.8 Å². The van der Waals surface area contributed by atoms with E-state index in [4.69, 9.17) is 0 Å². The largest absolute Gasteiger partial charge is 0.394 e. The molecule has 79 heavy (non-hydrogen) atoms. The lowest BCUT2D eigenvalue weighted by Gasteiger charge is -2.27. The van der Waals surface area contributed by atoms with E-state index in [1.54, 1.807) is 0 Å². The molecule has 0 rings (SSSR count). The lowest BCUT2D eigenvalue weighted by molar-refractivity contribution is -0.132. The first kappa shape index (κ1) is 78.0. The van der Waals surface area contributed by atoms with Gasteiger partial charge in [0, 0.05) is 0 Å². The molecule has 0 spiro atoms. The second kappa shape index (κ2) is 67.8. The van der Waals surface area contributed by atoms with Crippen molar-refractivity contribution in [1.29, 1.82) is 0 Å². The van der Waals surface area contributed by atoms with Crippen LogP contribution in [-0.4, -0.2) is 57.3 Å². The number of carbonyl (C=O) groups excluding carboxylic acids is 1. The van der Waals surface area contributed by atoms with Crippen molar-refractivity contribution in [1.82, 2.24) is 5.32 Å². The van der Waals surface area contributed by atoms with Gasteiger partial charge in [-0.25, -0.2) is 0 Å². The van der Waals surface area contributed by atoms with Crippen molar-refractivity contribution in [3.05, 3.63) is 12.2 Å². The van der Waals surface area contributed by atoms with Crippen molar-refractivity contribution in [2.75, 3.05) is 6.61 Å². The normalized spacial score (nSPS) is 13.4. The first-order valence-corrected chi connectivity index (χ1v) is 36.6. The minimum absolute atomic E-state index is 0.369. The number of aliphatic hydroxyl groups excluding tert-OH is 4. The maximum absolute atomic E-state index is 12.7. The van der Waals surface area contributed by atoms with Gasteiger partial charge in [-0.2, -0.15) is 0 Å². The summed E-state index contributed by atoms with van der Waals surface area (Å²) in [4.78, 5) is 12.7. The van der Waals surface area contributed by atoms with Crippen LogP contribution in [0.2, 0.25) is 0 Å². The number of hydrogen-bond donors (Lipinski definition) is 5. The maximum atomic E-state index is 12.7. The van der Waals surface area contributed by atoms with Gasteiger partial charge in [0.1, 0.15) is 12.2 Å². The summed E-state index contributed by atoms with van der Waals surface area (Å²) in [5, 5.41) is 44.2. The topological polar surface area (TPSA) is 110 Å². The number of rotatable bonds is 69. The van der Waals surface area contributed by atoms with Crippen LogP contribution in [0.15, 0.2) is 12.2 Å². The van der Waals surface area contributed by atoms with Crippen molar-refractivity contribution in [2.45, 2.75) is 443 Å². The minimum atomic E-state index is -1.28. The molecule has 0 aliphatic rings. The molecule has 0 fully saturated rings. The van der Waals surface area contributed by atoms with Crippen molar-refractivity contribution in [3.63, 3.8) is 0 Å². The molecule has 0 aliphatic carbocycles. The number of allylic oxidation sites excluding steroid dienone is 2. The van der Waals surface area contributed by atoms with E-state index in [-0.39, 0.29) is 0 Å². The Labute approximate surface area is 495 Å². The summed E-state index contributed by atoms with van der Waals surface area (Å²) >= 11 is 0. The standard InChI is InChI=1S/C73H145NO5/c1-3-5-7-9-11-13-15-17-19-21-23-25-27-29-31-33-35-37-39-41-43-45-47-49-51-53-55-57-59-61-63-65-67-71(77)73(79)74-69(68-75)72(78)70(76)66-64-62-60-58-56-54-52-50-48-46-44-42-40-38-36-34-32-30-28-26-24-22-20-18-16-14-12-10-8-6-4-2/h58,60,69-72,75-78H,3-57,59,61-68H2,1-2H3,(H,74,79)/b60-58+. The number of unbranched alkanes of at least 4 members (excludes halogenated alkanes) is 58. The van der Waals surface area contributed by atoms with Gasteiger partial charge in [-0.1, -0.05) is 392 Å². The fourth-order valence-electron chi connectivity index (χ4n) is 12.1. The predicted molar refractivity (Wildman–Crippen MR) is 348 cm³/mol. The van der Waals surface area contributed by atoms with Crippen LogP contribution in [0.3, 0.4) is 0 Å². The molecule has 6 nitrogen and oxygen atoms in total. The predicted octanol–water partition coefficient (Wildman–Crippen LogP) is 22.7. The highest BCUT2D eigenvalue weighted by Gasteiger charge is 2.28. The Morgan fingerprint density at radius 2 is 0.519 bits per heavy atom. The summed E-state index contributed by atoms with van der Waals surface area (Å²) in [7, 11) is 0. The Morgan fingerprint density at radius 1 is 0.304 bits per heavy atom. The van der Waals surface area contributed by atoms with Crippen LogP contribution < -0.4 is 5.32 Å². The number of hydrogen-bond acceptors (Lipinski definition) is 5. The molecule has 472 valence electrons. The van der Waals surface area contributed by atoms with E-state index in [1.165, 1.54) is 353 Å². The Bertz CT molecular complexity index is 1160. The Morgan fingerprint density at radius 3 is 0.759 bits per heavy atom. The molecule has 1 amide bonds. The number of aliphatic hydroxyl groups is 4. The zero-order chi connectivity index (χ0) is 57.3. The highest BCUT2D eigenvalue weighted by molar-refractivity contribution is 5.80. The minimum Gasteiger partial charge on any atom is -0.394 e. The van der Waals surface area contributed by atoms with Crippen LogP contribution in [-0.2, 0) is 4.79 Å². The second-order valence-corrected chi connectivity index (χ2v) is 25.7. The fraction of sp³-hybridized carbons (Fsp3) is 0.959. The quantitative estimate of drug-likeness (QED) is 0.0308. The van der Waals surface area contributed by atoms with Gasteiger partial charge in [-0.3, -0.25) is 4.79 Å². The zero-order valence-electron chi connectivity index (χ0n) is 53.9. The molecule has 6 heteroatoms. The van der Waals surface area contributed by atoms with E-state index in [2.05, 4.69) is 31.3 Å². The molecule has 0 aromatic heterocycles. The lowest BCUT2D eigenvalue weighted by Crippen LogP contribution is -2.53. The first-order valence-electron chi connectivity index (χ1n) is 36.6. The van der Waals surface area contributed by atoms with E-state index in [1.807, 2.05) is 0 Å². The second-order valence-electron chi connectivity index (χ2n) is 25.7. The third kappa shape index (κ3) is 61.4. The Hall–Kier alpha value is -0.950. The van der Waals surface area contributed by atoms with Crippen LogP contribution in [0.4, 0.5) is 0 Å². The van der Waals surface area contributed by atoms with Crippen molar-refractivity contribution >= 4 is 5.91 Å². The molecule has 0 aromatic carbocycles. The Balaban J connectivity index is 3.52. The molecule has 4 unspecified atom stereocenters. The van der Waals surface area contributed by atoms with Gasteiger partial charge >= 0.3 is 0 Å². The van der Waals surface area contributed by atoms with E-state index < -0.39 is 36.9 Å². The number of carbonyl (C=O) groups is 1. The third-order valence-corrected chi connectivity index (χ3v) is 17.7. The van der Waals surface area contributed by atoms with Gasteiger partial charge in [0.15, 0.2) is 0 Å².